The van der Waals surface area contributed by atoms with E-state index >= 15 is 0 Å². The van der Waals surface area contributed by atoms with E-state index < -0.39 is 52.4 Å². The van der Waals surface area contributed by atoms with E-state index in [0.717, 1.165) is 0 Å². The van der Waals surface area contributed by atoms with Gasteiger partial charge >= 0.3 is 0 Å². The number of ether oxygens (including phenoxy) is 2. The van der Waals surface area contributed by atoms with Crippen molar-refractivity contribution in [2.45, 2.75) is 51.9 Å². The van der Waals surface area contributed by atoms with Crippen LogP contribution in [-0.4, -0.2) is 35.8 Å². The van der Waals surface area contributed by atoms with Crippen LogP contribution in [0.3, 0.4) is 0 Å². The summed E-state index contributed by atoms with van der Waals surface area (Å²) in [4.78, 5) is 53.0. The molecule has 0 saturated carbocycles. The van der Waals surface area contributed by atoms with Crippen LogP contribution in [0, 0.1) is 17.0 Å². The topological polar surface area (TPSA) is 86.7 Å². The molecule has 0 aromatic heterocycles. The van der Waals surface area contributed by atoms with Crippen molar-refractivity contribution in [3.63, 3.8) is 0 Å². The highest BCUT2D eigenvalue weighted by Gasteiger charge is 2.47. The number of carbonyl (C=O) groups is 4. The number of ketones is 4. The smallest absolute Gasteiger partial charge is 0.232 e. The first kappa shape index (κ1) is 28.0. The van der Waals surface area contributed by atoms with E-state index in [0.29, 0.717) is 46.3 Å². The van der Waals surface area contributed by atoms with Crippen molar-refractivity contribution in [1.29, 1.82) is 0 Å². The monoisotopic (exact) mass is 570 g/mol. The van der Waals surface area contributed by atoms with E-state index in [1.807, 2.05) is 20.8 Å². The second kappa shape index (κ2) is 10.3. The molecule has 8 heteroatoms. The van der Waals surface area contributed by atoms with E-state index in [2.05, 4.69) is 0 Å². The predicted octanol–water partition coefficient (Wildman–Crippen LogP) is 5.75. The molecule has 6 nitrogen and oxygen atoms in total. The molecule has 42 heavy (non-hydrogen) atoms. The van der Waals surface area contributed by atoms with Crippen molar-refractivity contribution in [2.75, 3.05) is 6.61 Å². The molecule has 2 heterocycles. The van der Waals surface area contributed by atoms with Gasteiger partial charge in [-0.25, -0.2) is 8.78 Å². The summed E-state index contributed by atoms with van der Waals surface area (Å²) in [6, 6.07) is 11.2. The summed E-state index contributed by atoms with van der Waals surface area (Å²) >= 11 is 0. The number of carbonyl (C=O) groups excluding carboxylic acids is 4. The van der Waals surface area contributed by atoms with Gasteiger partial charge in [-0.3, -0.25) is 19.2 Å². The number of hydrogen-bond donors (Lipinski definition) is 0. The van der Waals surface area contributed by atoms with E-state index in [1.54, 1.807) is 0 Å². The Morgan fingerprint density at radius 3 is 1.74 bits per heavy atom. The summed E-state index contributed by atoms with van der Waals surface area (Å²) in [6.45, 7) is 5.85. The maximum atomic E-state index is 13.7. The highest BCUT2D eigenvalue weighted by atomic mass is 19.1. The van der Waals surface area contributed by atoms with Crippen molar-refractivity contribution in [3.8, 4) is 0 Å². The molecule has 214 valence electrons. The van der Waals surface area contributed by atoms with Gasteiger partial charge in [-0.15, -0.1) is 0 Å². The first-order valence-electron chi connectivity index (χ1n) is 13.8. The van der Waals surface area contributed by atoms with Crippen molar-refractivity contribution >= 4 is 23.1 Å². The summed E-state index contributed by atoms with van der Waals surface area (Å²) in [7, 11) is 0. The van der Waals surface area contributed by atoms with Gasteiger partial charge in [0.05, 0.1) is 12.7 Å². The van der Waals surface area contributed by atoms with Crippen LogP contribution in [0.25, 0.3) is 0 Å². The third kappa shape index (κ3) is 4.55. The summed E-state index contributed by atoms with van der Waals surface area (Å²) in [5.41, 5.74) is 2.95. The van der Waals surface area contributed by atoms with Crippen LogP contribution in [0.2, 0.25) is 0 Å². The fourth-order valence-corrected chi connectivity index (χ4v) is 6.48. The van der Waals surface area contributed by atoms with E-state index in [-0.39, 0.29) is 23.9 Å². The molecule has 2 aromatic carbocycles. The Morgan fingerprint density at radius 1 is 0.714 bits per heavy atom. The van der Waals surface area contributed by atoms with Crippen LogP contribution in [0.5, 0.6) is 0 Å². The van der Waals surface area contributed by atoms with Crippen LogP contribution < -0.4 is 0 Å². The van der Waals surface area contributed by atoms with Crippen LogP contribution in [-0.2, 0) is 28.7 Å². The Bertz CT molecular complexity index is 1670. The molecular weight excluding hydrogens is 542 g/mol. The minimum Gasteiger partial charge on any atom is -0.368 e. The molecule has 0 saturated heterocycles. The third-order valence-electron chi connectivity index (χ3n) is 8.50. The number of benzene rings is 2. The van der Waals surface area contributed by atoms with E-state index in [1.165, 1.54) is 60.7 Å². The number of rotatable bonds is 4. The maximum Gasteiger partial charge on any atom is 0.232 e. The van der Waals surface area contributed by atoms with Crippen LogP contribution >= 0.6 is 0 Å². The number of halogens is 2. The molecule has 2 aromatic rings. The molecule has 0 N–H and O–H groups in total. The molecule has 0 bridgehead atoms. The standard InChI is InChI=1S/C34H28F2O6/c1-17-14-23-25(16-27(38)31(40)29(23)33(42-17)19-6-10-21(36)11-7-19)34(2,3)24-15-26(37)30(39)28-22(24)12-13-41-32(28)18-4-8-20(35)9-5-18/h4-11,15-17,32-33H,12-14H2,1-3H3. The Labute approximate surface area is 241 Å². The predicted molar refractivity (Wildman–Crippen MR) is 148 cm³/mol. The molecule has 0 amide bonds. The first-order valence-corrected chi connectivity index (χ1v) is 13.8. The van der Waals surface area contributed by atoms with Crippen LogP contribution in [0.4, 0.5) is 8.78 Å². The van der Waals surface area contributed by atoms with E-state index in [9.17, 15) is 28.0 Å². The lowest BCUT2D eigenvalue weighted by atomic mass is 9.63. The molecule has 0 fully saturated rings. The van der Waals surface area contributed by atoms with Gasteiger partial charge in [-0.2, -0.15) is 0 Å². The van der Waals surface area contributed by atoms with E-state index in [4.69, 9.17) is 9.47 Å². The average Bonchev–Trinajstić information content (AvgIpc) is 2.96. The van der Waals surface area contributed by atoms with Crippen molar-refractivity contribution in [3.05, 3.63) is 117 Å². The lowest BCUT2D eigenvalue weighted by Gasteiger charge is -2.42. The van der Waals surface area contributed by atoms with Crippen LogP contribution in [0.1, 0.15) is 56.9 Å². The average molecular weight is 571 g/mol. The number of allylic oxidation sites excluding steroid dienone is 4. The SMILES string of the molecule is CC1CC2=C(C(=O)C(=O)C=C2C(C)(C)C2=CC(=O)C(=O)C3=C2CCOC3c2ccc(F)cc2)C(c2ccc(F)cc2)O1. The van der Waals surface area contributed by atoms with Crippen molar-refractivity contribution in [2.24, 2.45) is 5.41 Å². The Kier molecular flexibility index (Phi) is 6.86. The molecule has 3 unspecified atom stereocenters. The summed E-state index contributed by atoms with van der Waals surface area (Å²) in [5.74, 6) is -3.67. The van der Waals surface area contributed by atoms with Gasteiger partial charge in [0.25, 0.3) is 0 Å². The Morgan fingerprint density at radius 2 is 1.19 bits per heavy atom. The fraction of sp³-hybridized carbons (Fsp3) is 0.294. The van der Waals surface area contributed by atoms with Gasteiger partial charge in [0, 0.05) is 16.6 Å². The zero-order valence-corrected chi connectivity index (χ0v) is 23.3. The van der Waals surface area contributed by atoms with Gasteiger partial charge in [-0.1, -0.05) is 38.1 Å². The molecule has 4 aliphatic rings. The molecule has 3 atom stereocenters. The largest absolute Gasteiger partial charge is 0.368 e. The van der Waals surface area contributed by atoms with Gasteiger partial charge in [0.15, 0.2) is 0 Å². The fourth-order valence-electron chi connectivity index (χ4n) is 6.48. The van der Waals surface area contributed by atoms with Crippen molar-refractivity contribution in [1.82, 2.24) is 0 Å². The maximum absolute atomic E-state index is 13.7. The zero-order chi connectivity index (χ0) is 29.9. The lowest BCUT2D eigenvalue weighted by molar-refractivity contribution is -0.133. The number of Topliss-reactive ketones (excluding diaryl/α,β-unsaturated/α-hetero) is 2. The summed E-state index contributed by atoms with van der Waals surface area (Å²) < 4.78 is 39.5. The lowest BCUT2D eigenvalue weighted by Crippen LogP contribution is -2.38. The minimum absolute atomic E-state index is 0.208. The quantitative estimate of drug-likeness (QED) is 0.344. The van der Waals surface area contributed by atoms with Gasteiger partial charge in [0.1, 0.15) is 23.8 Å². The summed E-state index contributed by atoms with van der Waals surface area (Å²) in [6.07, 6.45) is 1.30. The molecule has 0 spiro atoms. The molecular formula is C34H28F2O6. The molecule has 0 radical (unpaired) electrons. The number of hydrogen-bond acceptors (Lipinski definition) is 6. The normalized spacial score (nSPS) is 24.8. The Hall–Kier alpha value is -4.14. The first-order chi connectivity index (χ1) is 20.0. The molecule has 2 aliphatic carbocycles. The van der Waals surface area contributed by atoms with Gasteiger partial charge < -0.3 is 9.47 Å². The highest BCUT2D eigenvalue weighted by Crippen LogP contribution is 2.53. The minimum atomic E-state index is -0.983. The second-order valence-corrected chi connectivity index (χ2v) is 11.5. The zero-order valence-electron chi connectivity index (χ0n) is 23.3. The van der Waals surface area contributed by atoms with Crippen molar-refractivity contribution < 1.29 is 37.4 Å². The summed E-state index contributed by atoms with van der Waals surface area (Å²) in [5, 5.41) is 0. The molecule has 2 aliphatic heterocycles. The highest BCUT2D eigenvalue weighted by molar-refractivity contribution is 6.50. The third-order valence-corrected chi connectivity index (χ3v) is 8.50. The Balaban J connectivity index is 1.49. The van der Waals surface area contributed by atoms with Gasteiger partial charge in [-0.05, 0) is 89.6 Å². The molecule has 6 rings (SSSR count). The van der Waals surface area contributed by atoms with Gasteiger partial charge in [0.2, 0.25) is 23.1 Å². The van der Waals surface area contributed by atoms with Crippen LogP contribution in [0.15, 0.2) is 94.1 Å². The second-order valence-electron chi connectivity index (χ2n) is 11.5.